The second kappa shape index (κ2) is 5.03. The maximum absolute atomic E-state index is 6.26. The van der Waals surface area contributed by atoms with Gasteiger partial charge in [0.25, 0.3) is 0 Å². The second-order valence-corrected chi connectivity index (χ2v) is 6.80. The van der Waals surface area contributed by atoms with Gasteiger partial charge in [0.2, 0.25) is 0 Å². The Balaban J connectivity index is 1.61. The summed E-state index contributed by atoms with van der Waals surface area (Å²) in [4.78, 5) is 5.01. The van der Waals surface area contributed by atoms with Gasteiger partial charge < -0.3 is 9.64 Å². The third-order valence-electron chi connectivity index (χ3n) is 4.76. The summed E-state index contributed by atoms with van der Waals surface area (Å²) in [6, 6.07) is 19.5. The Kier molecular flexibility index (Phi) is 3.12. The molecule has 0 radical (unpaired) electrons. The van der Waals surface area contributed by atoms with E-state index in [1.165, 1.54) is 11.3 Å². The van der Waals surface area contributed by atoms with Crippen LogP contribution in [0.15, 0.2) is 54.6 Å². The van der Waals surface area contributed by atoms with Crippen LogP contribution in [0.5, 0.6) is 5.75 Å². The monoisotopic (exact) mass is 294 g/mol. The molecular formula is C19H22N2O. The Hall–Kier alpha value is -2.00. The van der Waals surface area contributed by atoms with Gasteiger partial charge in [-0.2, -0.15) is 0 Å². The average molecular weight is 294 g/mol. The largest absolute Gasteiger partial charge is 0.483 e. The van der Waals surface area contributed by atoms with Gasteiger partial charge >= 0.3 is 0 Å². The van der Waals surface area contributed by atoms with Crippen molar-refractivity contribution in [1.82, 2.24) is 4.90 Å². The number of ether oxygens (including phenoxy) is 1. The smallest absolute Gasteiger partial charge is 0.143 e. The summed E-state index contributed by atoms with van der Waals surface area (Å²) >= 11 is 0. The Morgan fingerprint density at radius 1 is 1.05 bits per heavy atom. The number of benzene rings is 2. The minimum atomic E-state index is -0.167. The molecule has 0 bridgehead atoms. The van der Waals surface area contributed by atoms with E-state index < -0.39 is 0 Å². The summed E-state index contributed by atoms with van der Waals surface area (Å²) in [6.45, 7) is 7.39. The Bertz CT molecular complexity index is 668. The van der Waals surface area contributed by atoms with Crippen LogP contribution >= 0.6 is 0 Å². The van der Waals surface area contributed by atoms with Gasteiger partial charge in [-0.25, -0.2) is 0 Å². The van der Waals surface area contributed by atoms with Crippen molar-refractivity contribution in [3.05, 3.63) is 60.2 Å². The lowest BCUT2D eigenvalue weighted by Crippen LogP contribution is -2.54. The quantitative estimate of drug-likeness (QED) is 0.843. The van der Waals surface area contributed by atoms with E-state index in [9.17, 15) is 0 Å². The van der Waals surface area contributed by atoms with E-state index in [0.717, 1.165) is 25.5 Å². The van der Waals surface area contributed by atoms with Crippen LogP contribution in [0.4, 0.5) is 5.69 Å². The first kappa shape index (κ1) is 13.6. The maximum Gasteiger partial charge on any atom is 0.143 e. The molecule has 22 heavy (non-hydrogen) atoms. The molecule has 0 N–H and O–H groups in total. The minimum absolute atomic E-state index is 0.167. The molecule has 0 aliphatic carbocycles. The molecule has 2 heterocycles. The molecule has 2 aliphatic rings. The van der Waals surface area contributed by atoms with Crippen LogP contribution in [-0.2, 0) is 6.54 Å². The molecule has 1 atom stereocenters. The third-order valence-corrected chi connectivity index (χ3v) is 4.76. The van der Waals surface area contributed by atoms with Crippen LogP contribution in [0.25, 0.3) is 0 Å². The maximum atomic E-state index is 6.26. The van der Waals surface area contributed by atoms with Crippen molar-refractivity contribution in [2.45, 2.75) is 32.0 Å². The van der Waals surface area contributed by atoms with Crippen LogP contribution in [0, 0.1) is 0 Å². The average Bonchev–Trinajstić information content (AvgIpc) is 2.93. The molecule has 114 valence electrons. The number of hydrogen-bond acceptors (Lipinski definition) is 3. The van der Waals surface area contributed by atoms with Gasteiger partial charge in [-0.15, -0.1) is 0 Å². The number of nitrogens with zero attached hydrogens (tertiary/aromatic N) is 2. The molecule has 1 fully saturated rings. The zero-order valence-corrected chi connectivity index (χ0v) is 13.2. The molecule has 2 aliphatic heterocycles. The van der Waals surface area contributed by atoms with Gasteiger partial charge in [0.15, 0.2) is 0 Å². The molecule has 2 aromatic rings. The lowest BCUT2D eigenvalue weighted by molar-refractivity contribution is 0.0703. The lowest BCUT2D eigenvalue weighted by atomic mass is 9.95. The van der Waals surface area contributed by atoms with Gasteiger partial charge in [-0.1, -0.05) is 42.5 Å². The summed E-state index contributed by atoms with van der Waals surface area (Å²) in [5.74, 6) is 1.00. The van der Waals surface area contributed by atoms with Crippen LogP contribution in [0.1, 0.15) is 19.4 Å². The normalized spacial score (nSPS) is 22.8. The molecule has 1 saturated heterocycles. The molecule has 0 saturated carbocycles. The molecule has 2 aromatic carbocycles. The Labute approximate surface area is 132 Å². The van der Waals surface area contributed by atoms with E-state index in [0.29, 0.717) is 6.04 Å². The standard InChI is InChI=1S/C19H22N2O/c1-19(2)18-13-20(12-15-8-4-3-5-9-15)14-21(18)16-10-6-7-11-17(16)22-19/h3-11,18H,12-14H2,1-2H3. The lowest BCUT2D eigenvalue weighted by Gasteiger charge is -2.43. The fourth-order valence-electron chi connectivity index (χ4n) is 3.64. The first-order valence-corrected chi connectivity index (χ1v) is 7.94. The van der Waals surface area contributed by atoms with Gasteiger partial charge in [-0.3, -0.25) is 4.90 Å². The van der Waals surface area contributed by atoms with Crippen molar-refractivity contribution in [1.29, 1.82) is 0 Å². The first-order chi connectivity index (χ1) is 10.6. The minimum Gasteiger partial charge on any atom is -0.483 e. The van der Waals surface area contributed by atoms with Crippen molar-refractivity contribution in [2.75, 3.05) is 18.1 Å². The molecule has 3 heteroatoms. The van der Waals surface area contributed by atoms with E-state index >= 15 is 0 Å². The summed E-state index contributed by atoms with van der Waals surface area (Å²) in [5, 5.41) is 0. The number of para-hydroxylation sites is 2. The van der Waals surface area contributed by atoms with Crippen molar-refractivity contribution in [2.24, 2.45) is 0 Å². The van der Waals surface area contributed by atoms with Crippen molar-refractivity contribution in [3.8, 4) is 5.75 Å². The molecule has 1 unspecified atom stereocenters. The zero-order chi connectivity index (χ0) is 15.2. The fourth-order valence-corrected chi connectivity index (χ4v) is 3.64. The molecule has 0 spiro atoms. The van der Waals surface area contributed by atoms with Crippen molar-refractivity contribution >= 4 is 5.69 Å². The van der Waals surface area contributed by atoms with Crippen LogP contribution in [0.3, 0.4) is 0 Å². The fraction of sp³-hybridized carbons (Fsp3) is 0.368. The Morgan fingerprint density at radius 3 is 2.59 bits per heavy atom. The van der Waals surface area contributed by atoms with Gasteiger partial charge in [0, 0.05) is 13.1 Å². The van der Waals surface area contributed by atoms with Crippen LogP contribution in [-0.4, -0.2) is 29.8 Å². The summed E-state index contributed by atoms with van der Waals surface area (Å²) in [5.41, 5.74) is 2.43. The van der Waals surface area contributed by atoms with Crippen LogP contribution < -0.4 is 9.64 Å². The molecular weight excluding hydrogens is 272 g/mol. The second-order valence-electron chi connectivity index (χ2n) is 6.80. The van der Waals surface area contributed by atoms with E-state index in [2.05, 4.69) is 72.2 Å². The highest BCUT2D eigenvalue weighted by molar-refractivity contribution is 5.62. The highest BCUT2D eigenvalue weighted by atomic mass is 16.5. The number of fused-ring (bicyclic) bond motifs is 3. The predicted molar refractivity (Wildman–Crippen MR) is 89.1 cm³/mol. The van der Waals surface area contributed by atoms with Crippen molar-refractivity contribution in [3.63, 3.8) is 0 Å². The summed E-state index contributed by atoms with van der Waals surface area (Å²) in [7, 11) is 0. The van der Waals surface area contributed by atoms with E-state index in [1.54, 1.807) is 0 Å². The first-order valence-electron chi connectivity index (χ1n) is 7.94. The number of hydrogen-bond donors (Lipinski definition) is 0. The molecule has 3 nitrogen and oxygen atoms in total. The van der Waals surface area contributed by atoms with Gasteiger partial charge in [0.05, 0.1) is 18.4 Å². The van der Waals surface area contributed by atoms with Crippen molar-refractivity contribution < 1.29 is 4.74 Å². The summed E-state index contributed by atoms with van der Waals surface area (Å²) < 4.78 is 6.26. The van der Waals surface area contributed by atoms with Gasteiger partial charge in [0.1, 0.15) is 11.4 Å². The number of anilines is 1. The SMILES string of the molecule is CC1(C)Oc2ccccc2N2CN(Cc3ccccc3)CC21. The van der Waals surface area contributed by atoms with Gasteiger partial charge in [-0.05, 0) is 31.5 Å². The molecule has 0 amide bonds. The molecule has 4 rings (SSSR count). The van der Waals surface area contributed by atoms with Crippen LogP contribution in [0.2, 0.25) is 0 Å². The zero-order valence-electron chi connectivity index (χ0n) is 13.2. The highest BCUT2D eigenvalue weighted by Gasteiger charge is 2.46. The Morgan fingerprint density at radius 2 is 1.77 bits per heavy atom. The topological polar surface area (TPSA) is 15.7 Å². The van der Waals surface area contributed by atoms with E-state index in [1.807, 2.05) is 6.07 Å². The highest BCUT2D eigenvalue weighted by Crippen LogP contribution is 2.42. The van der Waals surface area contributed by atoms with E-state index in [4.69, 9.17) is 4.74 Å². The van der Waals surface area contributed by atoms with E-state index in [-0.39, 0.29) is 5.60 Å². The summed E-state index contributed by atoms with van der Waals surface area (Å²) in [6.07, 6.45) is 0. The molecule has 0 aromatic heterocycles. The predicted octanol–water partition coefficient (Wildman–Crippen LogP) is 3.51. The number of rotatable bonds is 2. The third kappa shape index (κ3) is 2.26.